The lowest BCUT2D eigenvalue weighted by molar-refractivity contribution is -0.215. The van der Waals surface area contributed by atoms with E-state index in [0.29, 0.717) is 25.9 Å². The fraction of sp³-hybridized carbons (Fsp3) is 0.750. The van der Waals surface area contributed by atoms with Gasteiger partial charge in [0.15, 0.2) is 0 Å². The van der Waals surface area contributed by atoms with Crippen molar-refractivity contribution >= 4 is 6.09 Å². The van der Waals surface area contributed by atoms with Gasteiger partial charge >= 0.3 is 12.3 Å². The monoisotopic (exact) mass is 421 g/mol. The second-order valence-electron chi connectivity index (χ2n) is 8.07. The molecule has 0 bridgehead atoms. The number of hydrogen-bond donors (Lipinski definition) is 1. The molecule has 1 N–H and O–H groups in total. The summed E-state index contributed by atoms with van der Waals surface area (Å²) in [5.74, 6) is 0.240. The third-order valence-corrected chi connectivity index (χ3v) is 6.25. The Kier molecular flexibility index (Phi) is 6.57. The molecule has 2 saturated heterocycles. The Bertz CT molecular complexity index is 668. The molecule has 3 rings (SSSR count). The summed E-state index contributed by atoms with van der Waals surface area (Å²) in [4.78, 5) is 13.3. The van der Waals surface area contributed by atoms with E-state index in [4.69, 9.17) is 9.84 Å². The Morgan fingerprint density at radius 1 is 1.38 bits per heavy atom. The molecule has 2 unspecified atom stereocenters. The largest absolute Gasteiger partial charge is 0.434 e. The number of aliphatic hydroxyl groups is 1. The van der Waals surface area contributed by atoms with Crippen LogP contribution in [0.4, 0.5) is 22.4 Å². The van der Waals surface area contributed by atoms with Crippen LogP contribution in [0.25, 0.3) is 0 Å². The Morgan fingerprint density at radius 3 is 2.66 bits per heavy atom. The van der Waals surface area contributed by atoms with Gasteiger partial charge in [-0.25, -0.2) is 9.18 Å². The molecular weight excluding hydrogens is 394 g/mol. The van der Waals surface area contributed by atoms with Crippen LogP contribution in [0.5, 0.6) is 0 Å². The van der Waals surface area contributed by atoms with Crippen LogP contribution in [0.1, 0.15) is 39.0 Å². The van der Waals surface area contributed by atoms with Crippen molar-refractivity contribution in [1.29, 1.82) is 0 Å². The van der Waals surface area contributed by atoms with E-state index in [1.54, 1.807) is 0 Å². The summed E-state index contributed by atoms with van der Waals surface area (Å²) in [7, 11) is 0. The molecular formula is C20H27F4NO4. The van der Waals surface area contributed by atoms with Gasteiger partial charge in [0.1, 0.15) is 5.83 Å². The van der Waals surface area contributed by atoms with Gasteiger partial charge in [-0.05, 0) is 37.7 Å². The van der Waals surface area contributed by atoms with E-state index in [9.17, 15) is 22.4 Å². The maximum atomic E-state index is 13.6. The highest BCUT2D eigenvalue weighted by molar-refractivity contribution is 5.68. The first-order chi connectivity index (χ1) is 13.7. The SMILES string of the molecule is CCC1CC(F)=CC=C1C1COC2(CCN(C(=O)O[C@H](CO)C(F)(F)F)CC2)C1. The van der Waals surface area contributed by atoms with Crippen LogP contribution in [0, 0.1) is 11.8 Å². The van der Waals surface area contributed by atoms with Gasteiger partial charge in [0.05, 0.1) is 18.8 Å². The molecule has 5 nitrogen and oxygen atoms in total. The van der Waals surface area contributed by atoms with Gasteiger partial charge in [-0.2, -0.15) is 13.2 Å². The van der Waals surface area contributed by atoms with Gasteiger partial charge in [-0.1, -0.05) is 18.6 Å². The maximum absolute atomic E-state index is 13.6. The topological polar surface area (TPSA) is 59.0 Å². The summed E-state index contributed by atoms with van der Waals surface area (Å²) in [6.07, 6.45) is -2.00. The van der Waals surface area contributed by atoms with Gasteiger partial charge in [-0.3, -0.25) is 0 Å². The van der Waals surface area contributed by atoms with E-state index >= 15 is 0 Å². The van der Waals surface area contributed by atoms with E-state index in [0.717, 1.165) is 12.8 Å². The molecule has 0 saturated carbocycles. The van der Waals surface area contributed by atoms with Crippen molar-refractivity contribution in [2.45, 2.75) is 56.9 Å². The lowest BCUT2D eigenvalue weighted by Gasteiger charge is -2.38. The smallest absolute Gasteiger partial charge is 0.427 e. The van der Waals surface area contributed by atoms with Gasteiger partial charge in [0, 0.05) is 25.4 Å². The van der Waals surface area contributed by atoms with Crippen molar-refractivity contribution in [2.24, 2.45) is 11.8 Å². The van der Waals surface area contributed by atoms with Crippen LogP contribution in [-0.2, 0) is 9.47 Å². The van der Waals surface area contributed by atoms with Crippen molar-refractivity contribution in [3.8, 4) is 0 Å². The number of alkyl halides is 3. The fourth-order valence-electron chi connectivity index (χ4n) is 4.50. The van der Waals surface area contributed by atoms with Crippen molar-refractivity contribution in [3.63, 3.8) is 0 Å². The number of nitrogens with zero attached hydrogens (tertiary/aromatic N) is 1. The van der Waals surface area contributed by atoms with E-state index in [2.05, 4.69) is 4.74 Å². The average Bonchev–Trinajstić information content (AvgIpc) is 3.08. The summed E-state index contributed by atoms with van der Waals surface area (Å²) in [6, 6.07) is 0. The Labute approximate surface area is 167 Å². The highest BCUT2D eigenvalue weighted by Crippen LogP contribution is 2.45. The first kappa shape index (κ1) is 22.1. The fourth-order valence-corrected chi connectivity index (χ4v) is 4.50. The normalized spacial score (nSPS) is 28.1. The number of amides is 1. The third-order valence-electron chi connectivity index (χ3n) is 6.25. The molecule has 3 atom stereocenters. The van der Waals surface area contributed by atoms with Crippen molar-refractivity contribution in [2.75, 3.05) is 26.3 Å². The highest BCUT2D eigenvalue weighted by Gasteiger charge is 2.47. The summed E-state index contributed by atoms with van der Waals surface area (Å²) in [5.41, 5.74) is 0.782. The molecule has 2 heterocycles. The molecule has 29 heavy (non-hydrogen) atoms. The zero-order chi connectivity index (χ0) is 21.2. The molecule has 0 aromatic rings. The van der Waals surface area contributed by atoms with Crippen molar-refractivity contribution < 1.29 is 36.9 Å². The lowest BCUT2D eigenvalue weighted by Crippen LogP contribution is -2.49. The minimum absolute atomic E-state index is 0.110. The third kappa shape index (κ3) is 4.94. The number of ether oxygens (including phenoxy) is 2. The molecule has 164 valence electrons. The lowest BCUT2D eigenvalue weighted by atomic mass is 9.76. The number of likely N-dealkylation sites (tertiary alicyclic amines) is 1. The number of aliphatic hydroxyl groups excluding tert-OH is 1. The van der Waals surface area contributed by atoms with Gasteiger partial charge < -0.3 is 19.5 Å². The molecule has 3 aliphatic rings. The molecule has 0 aromatic carbocycles. The van der Waals surface area contributed by atoms with Crippen molar-refractivity contribution in [1.82, 2.24) is 4.90 Å². The van der Waals surface area contributed by atoms with Crippen LogP contribution in [0.2, 0.25) is 0 Å². The number of piperidine rings is 1. The molecule has 2 aliphatic heterocycles. The number of carbonyl (C=O) groups excluding carboxylic acids is 1. The number of halogens is 4. The quantitative estimate of drug-likeness (QED) is 0.694. The highest BCUT2D eigenvalue weighted by atomic mass is 19.4. The van der Waals surface area contributed by atoms with Gasteiger partial charge in [0.2, 0.25) is 6.10 Å². The van der Waals surface area contributed by atoms with Gasteiger partial charge in [0.25, 0.3) is 0 Å². The molecule has 9 heteroatoms. The van der Waals surface area contributed by atoms with E-state index in [1.165, 1.54) is 16.5 Å². The molecule has 0 radical (unpaired) electrons. The minimum atomic E-state index is -4.80. The van der Waals surface area contributed by atoms with Crippen LogP contribution in [0.15, 0.2) is 23.6 Å². The molecule has 1 amide bonds. The summed E-state index contributed by atoms with van der Waals surface area (Å²) >= 11 is 0. The molecule has 1 spiro atoms. The van der Waals surface area contributed by atoms with Gasteiger partial charge in [-0.15, -0.1) is 0 Å². The van der Waals surface area contributed by atoms with Crippen molar-refractivity contribution in [3.05, 3.63) is 23.6 Å². The Balaban J connectivity index is 1.56. The predicted octanol–water partition coefficient (Wildman–Crippen LogP) is 4.13. The minimum Gasteiger partial charge on any atom is -0.434 e. The van der Waals surface area contributed by atoms with Crippen LogP contribution >= 0.6 is 0 Å². The van der Waals surface area contributed by atoms with Crippen LogP contribution < -0.4 is 0 Å². The Hall–Kier alpha value is -1.61. The second kappa shape index (κ2) is 8.63. The molecule has 0 aromatic heterocycles. The van der Waals surface area contributed by atoms with Crippen LogP contribution in [-0.4, -0.2) is 60.3 Å². The molecule has 2 fully saturated rings. The summed E-state index contributed by atoms with van der Waals surface area (Å²) in [6.45, 7) is 1.72. The Morgan fingerprint density at radius 2 is 2.07 bits per heavy atom. The summed E-state index contributed by atoms with van der Waals surface area (Å²) in [5, 5.41) is 8.82. The number of carbonyl (C=O) groups is 1. The number of allylic oxidation sites excluding steroid dienone is 3. The molecule has 1 aliphatic carbocycles. The standard InChI is InChI=1S/C20H27F4NO4/c1-2-13-9-15(21)3-4-16(13)14-10-19(28-12-14)5-7-25(8-6-19)18(27)29-17(11-26)20(22,23)24/h3-4,13-14,17,26H,2,5-12H2,1H3/t13?,14?,17-/m1/s1. The first-order valence-corrected chi connectivity index (χ1v) is 10.0. The number of rotatable bonds is 4. The summed E-state index contributed by atoms with van der Waals surface area (Å²) < 4.78 is 62.2. The van der Waals surface area contributed by atoms with Crippen LogP contribution in [0.3, 0.4) is 0 Å². The first-order valence-electron chi connectivity index (χ1n) is 10.0. The average molecular weight is 421 g/mol. The van der Waals surface area contributed by atoms with E-state index in [1.807, 2.05) is 13.0 Å². The zero-order valence-electron chi connectivity index (χ0n) is 16.4. The number of hydrogen-bond acceptors (Lipinski definition) is 4. The zero-order valence-corrected chi connectivity index (χ0v) is 16.4. The maximum Gasteiger partial charge on any atom is 0.427 e. The second-order valence-corrected chi connectivity index (χ2v) is 8.07. The van der Waals surface area contributed by atoms with E-state index < -0.39 is 30.6 Å². The predicted molar refractivity (Wildman–Crippen MR) is 96.7 cm³/mol. The van der Waals surface area contributed by atoms with E-state index in [-0.39, 0.29) is 30.8 Å².